The second-order valence-corrected chi connectivity index (χ2v) is 6.73. The molecule has 0 bridgehead atoms. The van der Waals surface area contributed by atoms with Crippen molar-refractivity contribution < 1.29 is 14.0 Å². The molecule has 0 aromatic carbocycles. The van der Waals surface area contributed by atoms with Gasteiger partial charge in [0.05, 0.1) is 12.8 Å². The molecule has 3 heterocycles. The lowest BCUT2D eigenvalue weighted by Crippen LogP contribution is -2.35. The third-order valence-corrected chi connectivity index (χ3v) is 4.85. The van der Waals surface area contributed by atoms with E-state index in [9.17, 15) is 9.59 Å². The van der Waals surface area contributed by atoms with Crippen molar-refractivity contribution in [1.82, 2.24) is 15.2 Å². The van der Waals surface area contributed by atoms with Gasteiger partial charge in [0, 0.05) is 24.2 Å². The van der Waals surface area contributed by atoms with Gasteiger partial charge in [-0.1, -0.05) is 0 Å². The van der Waals surface area contributed by atoms with Crippen LogP contribution in [-0.2, 0) is 11.3 Å². The van der Waals surface area contributed by atoms with Gasteiger partial charge in [-0.05, 0) is 37.9 Å². The van der Waals surface area contributed by atoms with Crippen LogP contribution < -0.4 is 5.32 Å². The SMILES string of the molecule is Cc1csc(CN2CCC(CNC(=O)C(=O)c3ccco3)C2)n1. The minimum Gasteiger partial charge on any atom is -0.461 e. The first-order valence-electron chi connectivity index (χ1n) is 7.61. The maximum atomic E-state index is 11.8. The first-order valence-corrected chi connectivity index (χ1v) is 8.49. The standard InChI is InChI=1S/C16H19N3O3S/c1-11-10-23-14(18-11)9-19-5-4-12(8-19)7-17-16(21)15(20)13-3-2-6-22-13/h2-3,6,10,12H,4-5,7-9H2,1H3,(H,17,21). The van der Waals surface area contributed by atoms with E-state index in [4.69, 9.17) is 4.42 Å². The number of carbonyl (C=O) groups excluding carboxylic acids is 2. The summed E-state index contributed by atoms with van der Waals surface area (Å²) in [6.07, 6.45) is 2.40. The number of nitrogens with zero attached hydrogens (tertiary/aromatic N) is 2. The Morgan fingerprint density at radius 2 is 2.39 bits per heavy atom. The van der Waals surface area contributed by atoms with E-state index in [1.807, 2.05) is 6.92 Å². The van der Waals surface area contributed by atoms with E-state index in [1.54, 1.807) is 17.4 Å². The molecule has 6 nitrogen and oxygen atoms in total. The smallest absolute Gasteiger partial charge is 0.295 e. The van der Waals surface area contributed by atoms with E-state index in [-0.39, 0.29) is 5.76 Å². The Kier molecular flexibility index (Phi) is 4.88. The molecule has 7 heteroatoms. The Morgan fingerprint density at radius 3 is 3.09 bits per heavy atom. The zero-order valence-electron chi connectivity index (χ0n) is 12.9. The number of rotatable bonds is 6. The average Bonchev–Trinajstić information content (AvgIpc) is 3.27. The number of ketones is 1. The number of nitrogens with one attached hydrogen (secondary N) is 1. The van der Waals surface area contributed by atoms with Gasteiger partial charge in [0.2, 0.25) is 0 Å². The zero-order valence-corrected chi connectivity index (χ0v) is 13.8. The number of Topliss-reactive ketones (excluding diaryl/α,β-unsaturated/α-hetero) is 1. The highest BCUT2D eigenvalue weighted by Gasteiger charge is 2.25. The lowest BCUT2D eigenvalue weighted by molar-refractivity contribution is -0.117. The summed E-state index contributed by atoms with van der Waals surface area (Å²) in [5.41, 5.74) is 1.06. The van der Waals surface area contributed by atoms with Crippen molar-refractivity contribution in [2.75, 3.05) is 19.6 Å². The Labute approximate surface area is 138 Å². The molecule has 0 saturated carbocycles. The number of aryl methyl sites for hydroxylation is 1. The van der Waals surface area contributed by atoms with Crippen LogP contribution in [0, 0.1) is 12.8 Å². The molecule has 1 atom stereocenters. The van der Waals surface area contributed by atoms with E-state index in [1.165, 1.54) is 12.3 Å². The first-order chi connectivity index (χ1) is 11.1. The molecule has 122 valence electrons. The molecule has 1 amide bonds. The topological polar surface area (TPSA) is 75.4 Å². The third-order valence-electron chi connectivity index (χ3n) is 3.90. The summed E-state index contributed by atoms with van der Waals surface area (Å²) in [5, 5.41) is 5.90. The molecule has 1 aliphatic heterocycles. The maximum Gasteiger partial charge on any atom is 0.295 e. The van der Waals surface area contributed by atoms with Gasteiger partial charge in [-0.15, -0.1) is 11.3 Å². The van der Waals surface area contributed by atoms with Crippen LogP contribution in [-0.4, -0.2) is 41.2 Å². The van der Waals surface area contributed by atoms with Crippen molar-refractivity contribution in [3.63, 3.8) is 0 Å². The van der Waals surface area contributed by atoms with Crippen molar-refractivity contribution in [3.05, 3.63) is 40.2 Å². The number of hydrogen-bond donors (Lipinski definition) is 1. The molecule has 0 aliphatic carbocycles. The van der Waals surface area contributed by atoms with Crippen LogP contribution in [0.15, 0.2) is 28.2 Å². The van der Waals surface area contributed by atoms with E-state index >= 15 is 0 Å². The Balaban J connectivity index is 1.43. The predicted molar refractivity (Wildman–Crippen MR) is 86.3 cm³/mol. The number of aromatic nitrogens is 1. The third kappa shape index (κ3) is 4.05. The van der Waals surface area contributed by atoms with Gasteiger partial charge in [-0.2, -0.15) is 0 Å². The largest absolute Gasteiger partial charge is 0.461 e. The number of thiazole rings is 1. The van der Waals surface area contributed by atoms with Gasteiger partial charge in [-0.3, -0.25) is 14.5 Å². The van der Waals surface area contributed by atoms with Crippen molar-refractivity contribution in [1.29, 1.82) is 0 Å². The summed E-state index contributed by atoms with van der Waals surface area (Å²) in [7, 11) is 0. The van der Waals surface area contributed by atoms with Gasteiger partial charge in [0.15, 0.2) is 5.76 Å². The molecule has 1 fully saturated rings. The van der Waals surface area contributed by atoms with Crippen LogP contribution in [0.25, 0.3) is 0 Å². The molecule has 2 aromatic rings. The number of amides is 1. The van der Waals surface area contributed by atoms with Gasteiger partial charge < -0.3 is 9.73 Å². The number of carbonyl (C=O) groups is 2. The lowest BCUT2D eigenvalue weighted by Gasteiger charge is -2.14. The minimum atomic E-state index is -0.622. The first kappa shape index (κ1) is 15.9. The monoisotopic (exact) mass is 333 g/mol. The Bertz CT molecular complexity index is 681. The number of hydrogen-bond acceptors (Lipinski definition) is 6. The van der Waals surface area contributed by atoms with Crippen molar-refractivity contribution >= 4 is 23.0 Å². The fourth-order valence-corrected chi connectivity index (χ4v) is 3.54. The van der Waals surface area contributed by atoms with Crippen LogP contribution >= 0.6 is 11.3 Å². The van der Waals surface area contributed by atoms with E-state index in [0.717, 1.165) is 36.8 Å². The molecule has 1 saturated heterocycles. The van der Waals surface area contributed by atoms with Crippen LogP contribution in [0.1, 0.15) is 27.7 Å². The molecular weight excluding hydrogens is 314 g/mol. The molecule has 23 heavy (non-hydrogen) atoms. The van der Waals surface area contributed by atoms with Crippen molar-refractivity contribution in [2.45, 2.75) is 19.9 Å². The summed E-state index contributed by atoms with van der Waals surface area (Å²) in [6, 6.07) is 3.09. The highest BCUT2D eigenvalue weighted by molar-refractivity contribution is 7.09. The highest BCUT2D eigenvalue weighted by atomic mass is 32.1. The van der Waals surface area contributed by atoms with Crippen LogP contribution in [0.5, 0.6) is 0 Å². The van der Waals surface area contributed by atoms with E-state index in [0.29, 0.717) is 12.5 Å². The summed E-state index contributed by atoms with van der Waals surface area (Å²) in [4.78, 5) is 30.4. The maximum absolute atomic E-state index is 11.8. The second-order valence-electron chi connectivity index (χ2n) is 5.79. The van der Waals surface area contributed by atoms with Crippen LogP contribution in [0.3, 0.4) is 0 Å². The predicted octanol–water partition coefficient (Wildman–Crippen LogP) is 1.87. The zero-order chi connectivity index (χ0) is 16.2. The minimum absolute atomic E-state index is 0.0784. The summed E-state index contributed by atoms with van der Waals surface area (Å²) < 4.78 is 4.95. The van der Waals surface area contributed by atoms with Crippen molar-refractivity contribution in [2.24, 2.45) is 5.92 Å². The molecule has 1 N–H and O–H groups in total. The van der Waals surface area contributed by atoms with Crippen molar-refractivity contribution in [3.8, 4) is 0 Å². The number of furan rings is 1. The van der Waals surface area contributed by atoms with Gasteiger partial charge in [-0.25, -0.2) is 4.98 Å². The second kappa shape index (κ2) is 7.06. The van der Waals surface area contributed by atoms with E-state index in [2.05, 4.69) is 20.6 Å². The van der Waals surface area contributed by atoms with Crippen LogP contribution in [0.2, 0.25) is 0 Å². The van der Waals surface area contributed by atoms with Gasteiger partial charge in [0.1, 0.15) is 5.01 Å². The lowest BCUT2D eigenvalue weighted by atomic mass is 10.1. The fourth-order valence-electron chi connectivity index (χ4n) is 2.73. The Hall–Kier alpha value is -1.99. The molecule has 0 spiro atoms. The molecule has 1 aliphatic rings. The fraction of sp³-hybridized carbons (Fsp3) is 0.438. The molecule has 3 rings (SSSR count). The van der Waals surface area contributed by atoms with Gasteiger partial charge in [0.25, 0.3) is 11.7 Å². The number of likely N-dealkylation sites (tertiary alicyclic amines) is 1. The van der Waals surface area contributed by atoms with Gasteiger partial charge >= 0.3 is 0 Å². The molecule has 0 radical (unpaired) electrons. The Morgan fingerprint density at radius 1 is 1.52 bits per heavy atom. The summed E-state index contributed by atoms with van der Waals surface area (Å²) in [6.45, 7) is 5.27. The van der Waals surface area contributed by atoms with Crippen LogP contribution in [0.4, 0.5) is 0 Å². The van der Waals surface area contributed by atoms with E-state index < -0.39 is 11.7 Å². The highest BCUT2D eigenvalue weighted by Crippen LogP contribution is 2.19. The molecule has 1 unspecified atom stereocenters. The normalized spacial score (nSPS) is 18.2. The molecule has 2 aromatic heterocycles. The molecular formula is C16H19N3O3S. The quantitative estimate of drug-likeness (QED) is 0.645. The summed E-state index contributed by atoms with van der Waals surface area (Å²) >= 11 is 1.68. The average molecular weight is 333 g/mol. The summed E-state index contributed by atoms with van der Waals surface area (Å²) in [5.74, 6) is -0.781.